The predicted molar refractivity (Wildman–Crippen MR) is 133 cm³/mol. The van der Waals surface area contributed by atoms with Crippen LogP contribution >= 0.6 is 0 Å². The summed E-state index contributed by atoms with van der Waals surface area (Å²) in [5.74, 6) is 1.72. The van der Waals surface area contributed by atoms with Crippen LogP contribution in [0.25, 0.3) is 0 Å². The lowest BCUT2D eigenvalue weighted by atomic mass is 9.47. The Labute approximate surface area is 212 Å². The van der Waals surface area contributed by atoms with Gasteiger partial charge in [-0.3, -0.25) is 9.59 Å². The van der Waals surface area contributed by atoms with E-state index in [2.05, 4.69) is 19.2 Å². The SMILES string of the molecule is CN1C(=O)C(F)=C[C@@]2(C)C1CC[C@@H]1[C@H]2CC[C@]2(C)C(C(=O)NCC3COc4ccccc4O3)CC[C@@H]12. The van der Waals surface area contributed by atoms with E-state index in [4.69, 9.17) is 9.47 Å². The van der Waals surface area contributed by atoms with Crippen LogP contribution in [0.1, 0.15) is 52.4 Å². The third-order valence-electron chi connectivity index (χ3n) is 10.5. The van der Waals surface area contributed by atoms with E-state index in [1.54, 1.807) is 18.0 Å². The molecule has 6 nitrogen and oxygen atoms in total. The number of fused-ring (bicyclic) bond motifs is 6. The van der Waals surface area contributed by atoms with Crippen LogP contribution in [0, 0.1) is 34.5 Å². The molecule has 8 atom stereocenters. The van der Waals surface area contributed by atoms with E-state index < -0.39 is 11.7 Å². The molecule has 36 heavy (non-hydrogen) atoms. The van der Waals surface area contributed by atoms with Crippen LogP contribution in [0.3, 0.4) is 0 Å². The smallest absolute Gasteiger partial charge is 0.282 e. The minimum atomic E-state index is -0.606. The molecule has 5 aliphatic rings. The highest BCUT2D eigenvalue weighted by Crippen LogP contribution is 2.65. The Hall–Kier alpha value is -2.57. The minimum absolute atomic E-state index is 0.0198. The molecule has 1 N–H and O–H groups in total. The zero-order valence-electron chi connectivity index (χ0n) is 21.5. The summed E-state index contributed by atoms with van der Waals surface area (Å²) in [4.78, 5) is 27.4. The Morgan fingerprint density at radius 3 is 2.69 bits per heavy atom. The molecule has 0 aromatic heterocycles. The number of hydrogen-bond donors (Lipinski definition) is 1. The average molecular weight is 497 g/mol. The molecule has 6 rings (SSSR count). The molecule has 0 spiro atoms. The van der Waals surface area contributed by atoms with Crippen molar-refractivity contribution < 1.29 is 23.5 Å². The predicted octanol–water partition coefficient (Wildman–Crippen LogP) is 4.50. The van der Waals surface area contributed by atoms with Gasteiger partial charge < -0.3 is 19.7 Å². The molecule has 7 heteroatoms. The number of hydrogen-bond acceptors (Lipinski definition) is 4. The highest BCUT2D eigenvalue weighted by atomic mass is 19.1. The molecule has 0 saturated heterocycles. The number of nitrogens with one attached hydrogen (secondary N) is 1. The molecule has 2 amide bonds. The summed E-state index contributed by atoms with van der Waals surface area (Å²) in [5.41, 5.74) is -0.393. The fourth-order valence-corrected chi connectivity index (χ4v) is 8.76. The Kier molecular flexibility index (Phi) is 5.61. The van der Waals surface area contributed by atoms with Crippen molar-refractivity contribution in [3.05, 3.63) is 36.2 Å². The topological polar surface area (TPSA) is 67.9 Å². The van der Waals surface area contributed by atoms with Crippen LogP contribution in [0.4, 0.5) is 4.39 Å². The fourth-order valence-electron chi connectivity index (χ4n) is 8.76. The van der Waals surface area contributed by atoms with Crippen molar-refractivity contribution in [1.29, 1.82) is 0 Å². The van der Waals surface area contributed by atoms with Crippen molar-refractivity contribution in [2.24, 2.45) is 34.5 Å². The summed E-state index contributed by atoms with van der Waals surface area (Å²) >= 11 is 0. The Morgan fingerprint density at radius 1 is 1.11 bits per heavy atom. The van der Waals surface area contributed by atoms with E-state index in [1.165, 1.54) is 0 Å². The van der Waals surface area contributed by atoms with E-state index in [1.807, 2.05) is 24.3 Å². The monoisotopic (exact) mass is 496 g/mol. The Morgan fingerprint density at radius 2 is 1.89 bits per heavy atom. The van der Waals surface area contributed by atoms with Crippen LogP contribution < -0.4 is 14.8 Å². The first kappa shape index (κ1) is 23.8. The van der Waals surface area contributed by atoms with Gasteiger partial charge in [0.25, 0.3) is 5.91 Å². The number of ether oxygens (including phenoxy) is 2. The van der Waals surface area contributed by atoms with E-state index in [0.717, 1.165) is 50.0 Å². The zero-order valence-corrected chi connectivity index (χ0v) is 21.5. The second-order valence-electron chi connectivity index (χ2n) is 12.2. The molecule has 1 aromatic carbocycles. The largest absolute Gasteiger partial charge is 0.486 e. The molecular weight excluding hydrogens is 459 g/mol. The molecule has 3 fully saturated rings. The number of nitrogens with zero attached hydrogens (tertiary/aromatic N) is 1. The van der Waals surface area contributed by atoms with Gasteiger partial charge in [-0.15, -0.1) is 0 Å². The van der Waals surface area contributed by atoms with E-state index in [9.17, 15) is 14.0 Å². The van der Waals surface area contributed by atoms with Gasteiger partial charge in [-0.25, -0.2) is 4.39 Å². The van der Waals surface area contributed by atoms with Gasteiger partial charge >= 0.3 is 0 Å². The fraction of sp³-hybridized carbons (Fsp3) is 0.655. The van der Waals surface area contributed by atoms with Crippen LogP contribution in [-0.4, -0.2) is 49.1 Å². The number of likely N-dealkylation sites (N-methyl/N-ethyl adjacent to an activating group) is 1. The lowest BCUT2D eigenvalue weighted by molar-refractivity contribution is -0.145. The minimum Gasteiger partial charge on any atom is -0.486 e. The maximum atomic E-state index is 14.6. The van der Waals surface area contributed by atoms with Crippen LogP contribution in [0.2, 0.25) is 0 Å². The van der Waals surface area contributed by atoms with Crippen molar-refractivity contribution in [1.82, 2.24) is 10.2 Å². The molecule has 0 bridgehead atoms. The standard InChI is InChI=1S/C29H37FN2O4/c1-28-13-12-20-18(8-11-25-29(20,2)14-22(30)27(34)32(25)3)19(28)9-10-21(28)26(33)31-15-17-16-35-23-6-4-5-7-24(23)36-17/h4-7,14,17-21,25H,8-13,15-16H2,1-3H3,(H,31,33)/t17?,18-,19-,20+,21?,25?,28-,29+/m0/s1. The van der Waals surface area contributed by atoms with Gasteiger partial charge in [0.1, 0.15) is 12.7 Å². The molecule has 2 heterocycles. The third-order valence-corrected chi connectivity index (χ3v) is 10.5. The normalized spacial score (nSPS) is 41.1. The molecule has 3 saturated carbocycles. The Balaban J connectivity index is 1.14. The van der Waals surface area contributed by atoms with Gasteiger partial charge in [0, 0.05) is 24.4 Å². The van der Waals surface area contributed by atoms with E-state index in [-0.39, 0.29) is 34.8 Å². The first-order chi connectivity index (χ1) is 17.2. The zero-order chi connectivity index (χ0) is 25.2. The number of carbonyl (C=O) groups excluding carboxylic acids is 2. The highest BCUT2D eigenvalue weighted by Gasteiger charge is 2.62. The van der Waals surface area contributed by atoms with Crippen molar-refractivity contribution in [2.75, 3.05) is 20.2 Å². The molecule has 2 aliphatic heterocycles. The van der Waals surface area contributed by atoms with Gasteiger partial charge in [0.15, 0.2) is 17.3 Å². The quantitative estimate of drug-likeness (QED) is 0.669. The van der Waals surface area contributed by atoms with Gasteiger partial charge in [-0.2, -0.15) is 0 Å². The molecule has 0 radical (unpaired) electrons. The van der Waals surface area contributed by atoms with Crippen molar-refractivity contribution >= 4 is 11.8 Å². The average Bonchev–Trinajstić information content (AvgIpc) is 3.23. The summed E-state index contributed by atoms with van der Waals surface area (Å²) in [6, 6.07) is 7.67. The van der Waals surface area contributed by atoms with E-state index >= 15 is 0 Å². The highest BCUT2D eigenvalue weighted by molar-refractivity contribution is 5.92. The second kappa shape index (κ2) is 8.49. The summed E-state index contributed by atoms with van der Waals surface area (Å²) in [6.07, 6.45) is 7.24. The number of rotatable bonds is 3. The lowest BCUT2D eigenvalue weighted by Gasteiger charge is -2.60. The number of amides is 2. The van der Waals surface area contributed by atoms with Crippen LogP contribution in [0.5, 0.6) is 11.5 Å². The van der Waals surface area contributed by atoms with Gasteiger partial charge in [-0.1, -0.05) is 26.0 Å². The van der Waals surface area contributed by atoms with Crippen molar-refractivity contribution in [3.63, 3.8) is 0 Å². The third kappa shape index (κ3) is 3.48. The van der Waals surface area contributed by atoms with Crippen molar-refractivity contribution in [3.8, 4) is 11.5 Å². The number of halogens is 1. The number of benzene rings is 1. The van der Waals surface area contributed by atoms with Gasteiger partial charge in [-0.05, 0) is 79.9 Å². The van der Waals surface area contributed by atoms with Crippen LogP contribution in [-0.2, 0) is 9.59 Å². The molecule has 1 aromatic rings. The van der Waals surface area contributed by atoms with Gasteiger partial charge in [0.05, 0.1) is 6.54 Å². The summed E-state index contributed by atoms with van der Waals surface area (Å²) in [5, 5.41) is 3.18. The van der Waals surface area contributed by atoms with Crippen molar-refractivity contribution in [2.45, 2.75) is 64.5 Å². The maximum Gasteiger partial charge on any atom is 0.282 e. The summed E-state index contributed by atoms with van der Waals surface area (Å²) in [6.45, 7) is 5.32. The second-order valence-corrected chi connectivity index (χ2v) is 12.2. The lowest BCUT2D eigenvalue weighted by Crippen LogP contribution is -2.60. The first-order valence-corrected chi connectivity index (χ1v) is 13.5. The summed E-state index contributed by atoms with van der Waals surface area (Å²) < 4.78 is 26.5. The number of carbonyl (C=O) groups is 2. The van der Waals surface area contributed by atoms with Crippen LogP contribution in [0.15, 0.2) is 36.2 Å². The molecule has 3 aliphatic carbocycles. The molecule has 194 valence electrons. The molecular formula is C29H37FN2O4. The first-order valence-electron chi connectivity index (χ1n) is 13.5. The van der Waals surface area contributed by atoms with Gasteiger partial charge in [0.2, 0.25) is 5.91 Å². The number of para-hydroxylation sites is 2. The molecule has 3 unspecified atom stereocenters. The summed E-state index contributed by atoms with van der Waals surface area (Å²) in [7, 11) is 1.75. The Bertz CT molecular complexity index is 1110. The van der Waals surface area contributed by atoms with E-state index in [0.29, 0.717) is 30.9 Å². The maximum absolute atomic E-state index is 14.6.